The number of hydrogen-bond acceptors (Lipinski definition) is 6. The van der Waals surface area contributed by atoms with Crippen molar-refractivity contribution >= 4 is 6.09 Å². The summed E-state index contributed by atoms with van der Waals surface area (Å²) in [6.45, 7) is 6.09. The van der Waals surface area contributed by atoms with Gasteiger partial charge in [0, 0.05) is 19.3 Å². The highest BCUT2D eigenvalue weighted by Gasteiger charge is 2.10. The number of nitrogens with zero attached hydrogens (tertiary/aromatic N) is 5. The molecule has 0 aliphatic carbocycles. The Hall–Kier alpha value is -3.98. The molecular formula is C24H27N7O2. The van der Waals surface area contributed by atoms with E-state index in [1.54, 1.807) is 10.9 Å². The molecule has 0 aliphatic heterocycles. The fraction of sp³-hybridized carbons (Fsp3) is 0.250. The van der Waals surface area contributed by atoms with Crippen LogP contribution in [0, 0.1) is 13.8 Å². The van der Waals surface area contributed by atoms with E-state index < -0.39 is 6.09 Å². The van der Waals surface area contributed by atoms with Gasteiger partial charge in [0.15, 0.2) is 0 Å². The number of hydrogen-bond donors (Lipinski definition) is 2. The third-order valence-corrected chi connectivity index (χ3v) is 5.26. The van der Waals surface area contributed by atoms with Crippen molar-refractivity contribution in [2.24, 2.45) is 5.73 Å². The van der Waals surface area contributed by atoms with Gasteiger partial charge in [0.25, 0.3) is 5.88 Å². The Morgan fingerprint density at radius 1 is 1.00 bits per heavy atom. The van der Waals surface area contributed by atoms with E-state index in [-0.39, 0.29) is 5.88 Å². The molecule has 33 heavy (non-hydrogen) atoms. The van der Waals surface area contributed by atoms with E-state index in [4.69, 9.17) is 10.5 Å². The maximum atomic E-state index is 12.1. The predicted octanol–water partition coefficient (Wildman–Crippen LogP) is 2.94. The van der Waals surface area contributed by atoms with E-state index in [9.17, 15) is 4.79 Å². The van der Waals surface area contributed by atoms with Gasteiger partial charge in [-0.05, 0) is 47.2 Å². The zero-order chi connectivity index (χ0) is 23.2. The highest BCUT2D eigenvalue weighted by molar-refractivity contribution is 5.69. The summed E-state index contributed by atoms with van der Waals surface area (Å²) < 4.78 is 8.79. The van der Waals surface area contributed by atoms with Crippen LogP contribution in [0.25, 0.3) is 0 Å². The molecule has 2 aromatic carbocycles. The summed E-state index contributed by atoms with van der Waals surface area (Å²) in [4.78, 5) is 12.1. The molecule has 4 aromatic rings. The molecule has 0 atom stereocenters. The molecule has 3 N–H and O–H groups in total. The maximum absolute atomic E-state index is 12.1. The zero-order valence-corrected chi connectivity index (χ0v) is 18.7. The third kappa shape index (κ3) is 6.05. The van der Waals surface area contributed by atoms with Gasteiger partial charge >= 0.3 is 6.09 Å². The van der Waals surface area contributed by atoms with Crippen LogP contribution in [0.2, 0.25) is 0 Å². The molecule has 1 amide bonds. The predicted molar refractivity (Wildman–Crippen MR) is 124 cm³/mol. The first-order valence-corrected chi connectivity index (χ1v) is 10.7. The van der Waals surface area contributed by atoms with Gasteiger partial charge in [-0.15, -0.1) is 0 Å². The SMILES string of the molecule is Cc1cnn(Cc2ccc(Cn3cc(OC(=O)NCc4ccc(CN)cc4C)nn3)cc2)c1. The van der Waals surface area contributed by atoms with Crippen LogP contribution >= 0.6 is 0 Å². The lowest BCUT2D eigenvalue weighted by molar-refractivity contribution is 0.198. The molecular weight excluding hydrogens is 418 g/mol. The Morgan fingerprint density at radius 2 is 1.70 bits per heavy atom. The Morgan fingerprint density at radius 3 is 2.33 bits per heavy atom. The minimum absolute atomic E-state index is 0.147. The quantitative estimate of drug-likeness (QED) is 0.431. The van der Waals surface area contributed by atoms with Crippen molar-refractivity contribution in [1.82, 2.24) is 30.1 Å². The van der Waals surface area contributed by atoms with Gasteiger partial charge in [-0.3, -0.25) is 4.68 Å². The molecule has 0 fully saturated rings. The Labute approximate surface area is 192 Å². The smallest absolute Gasteiger partial charge is 0.388 e. The molecule has 4 rings (SSSR count). The number of nitrogens with one attached hydrogen (secondary N) is 1. The molecule has 0 saturated heterocycles. The topological polar surface area (TPSA) is 113 Å². The van der Waals surface area contributed by atoms with Gasteiger partial charge in [0.1, 0.15) is 0 Å². The molecule has 170 valence electrons. The van der Waals surface area contributed by atoms with Crippen LogP contribution < -0.4 is 15.8 Å². The lowest BCUT2D eigenvalue weighted by Gasteiger charge is -2.09. The third-order valence-electron chi connectivity index (χ3n) is 5.26. The molecule has 9 heteroatoms. The maximum Gasteiger partial charge on any atom is 0.414 e. The second-order valence-corrected chi connectivity index (χ2v) is 7.99. The highest BCUT2D eigenvalue weighted by atomic mass is 16.6. The first-order chi connectivity index (χ1) is 16.0. The Kier molecular flexibility index (Phi) is 6.80. The minimum Gasteiger partial charge on any atom is -0.388 e. The molecule has 9 nitrogen and oxygen atoms in total. The van der Waals surface area contributed by atoms with Crippen molar-refractivity contribution in [3.8, 4) is 5.88 Å². The van der Waals surface area contributed by atoms with Gasteiger partial charge in [-0.1, -0.05) is 52.8 Å². The van der Waals surface area contributed by atoms with Gasteiger partial charge in [-0.25, -0.2) is 9.48 Å². The summed E-state index contributed by atoms with van der Waals surface area (Å²) in [7, 11) is 0. The van der Waals surface area contributed by atoms with E-state index in [0.717, 1.165) is 39.9 Å². The largest absolute Gasteiger partial charge is 0.414 e. The highest BCUT2D eigenvalue weighted by Crippen LogP contribution is 2.12. The van der Waals surface area contributed by atoms with E-state index >= 15 is 0 Å². The van der Waals surface area contributed by atoms with Crippen molar-refractivity contribution in [2.75, 3.05) is 0 Å². The lowest BCUT2D eigenvalue weighted by Crippen LogP contribution is -2.26. The molecule has 0 saturated carbocycles. The van der Waals surface area contributed by atoms with Crippen molar-refractivity contribution in [1.29, 1.82) is 0 Å². The number of aromatic nitrogens is 5. The van der Waals surface area contributed by atoms with Crippen LogP contribution in [0.5, 0.6) is 5.88 Å². The Balaban J connectivity index is 1.27. The van der Waals surface area contributed by atoms with Crippen LogP contribution in [-0.2, 0) is 26.2 Å². The summed E-state index contributed by atoms with van der Waals surface area (Å²) in [5.41, 5.74) is 12.1. The van der Waals surface area contributed by atoms with Crippen molar-refractivity contribution < 1.29 is 9.53 Å². The number of aryl methyl sites for hydroxylation is 2. The van der Waals surface area contributed by atoms with Gasteiger partial charge < -0.3 is 15.8 Å². The van der Waals surface area contributed by atoms with E-state index in [1.807, 2.05) is 61.3 Å². The van der Waals surface area contributed by atoms with Crippen LogP contribution in [0.4, 0.5) is 4.79 Å². The number of nitrogens with two attached hydrogens (primary N) is 1. The molecule has 0 aliphatic rings. The van der Waals surface area contributed by atoms with Crippen molar-refractivity contribution in [3.05, 3.63) is 94.4 Å². The second-order valence-electron chi connectivity index (χ2n) is 7.99. The normalized spacial score (nSPS) is 10.9. The summed E-state index contributed by atoms with van der Waals surface area (Å²) in [6, 6.07) is 14.1. The van der Waals surface area contributed by atoms with Crippen LogP contribution in [0.3, 0.4) is 0 Å². The molecule has 0 unspecified atom stereocenters. The standard InChI is InChI=1S/C24H27N7O2/c1-17-11-27-30(13-17)14-19-3-5-20(6-4-19)15-31-16-23(28-29-31)33-24(32)26-12-22-8-7-21(10-25)9-18(22)2/h3-9,11,13,16H,10,12,14-15,25H2,1-2H3,(H,26,32). The number of carbonyl (C=O) groups excluding carboxylic acids is 1. The van der Waals surface area contributed by atoms with Crippen molar-refractivity contribution in [3.63, 3.8) is 0 Å². The fourth-order valence-corrected chi connectivity index (χ4v) is 3.46. The van der Waals surface area contributed by atoms with Crippen LogP contribution in [-0.4, -0.2) is 30.9 Å². The summed E-state index contributed by atoms with van der Waals surface area (Å²) in [5.74, 6) is 0.147. The van der Waals surface area contributed by atoms with Gasteiger partial charge in [0.2, 0.25) is 0 Å². The molecule has 2 aromatic heterocycles. The van der Waals surface area contributed by atoms with E-state index in [2.05, 4.69) is 32.9 Å². The van der Waals surface area contributed by atoms with Gasteiger partial charge in [0.05, 0.1) is 25.5 Å². The fourth-order valence-electron chi connectivity index (χ4n) is 3.46. The molecule has 2 heterocycles. The van der Waals surface area contributed by atoms with E-state index in [1.165, 1.54) is 0 Å². The molecule has 0 bridgehead atoms. The van der Waals surface area contributed by atoms with Crippen molar-refractivity contribution in [2.45, 2.75) is 40.0 Å². The minimum atomic E-state index is -0.581. The van der Waals surface area contributed by atoms with Crippen LogP contribution in [0.15, 0.2) is 61.1 Å². The number of ether oxygens (including phenoxy) is 1. The average Bonchev–Trinajstić information content (AvgIpc) is 3.42. The number of rotatable bonds is 8. The van der Waals surface area contributed by atoms with Crippen LogP contribution in [0.1, 0.15) is 33.4 Å². The molecule has 0 radical (unpaired) electrons. The zero-order valence-electron chi connectivity index (χ0n) is 18.7. The molecule has 0 spiro atoms. The lowest BCUT2D eigenvalue weighted by atomic mass is 10.1. The first kappa shape index (κ1) is 22.2. The number of benzene rings is 2. The second kappa shape index (κ2) is 10.1. The summed E-state index contributed by atoms with van der Waals surface area (Å²) in [6.07, 6.45) is 4.88. The number of carbonyl (C=O) groups is 1. The first-order valence-electron chi connectivity index (χ1n) is 10.7. The number of amides is 1. The Bertz CT molecular complexity index is 1230. The van der Waals surface area contributed by atoms with Gasteiger partial charge in [-0.2, -0.15) is 5.10 Å². The monoisotopic (exact) mass is 445 g/mol. The average molecular weight is 446 g/mol. The summed E-state index contributed by atoms with van der Waals surface area (Å²) in [5, 5.41) is 15.0. The summed E-state index contributed by atoms with van der Waals surface area (Å²) >= 11 is 0. The van der Waals surface area contributed by atoms with E-state index in [0.29, 0.717) is 19.6 Å².